The van der Waals surface area contributed by atoms with E-state index in [9.17, 15) is 0 Å². The van der Waals surface area contributed by atoms with Gasteiger partial charge in [-0.3, -0.25) is 4.68 Å². The maximum Gasteiger partial charge on any atom is 0.0492 e. The molecule has 1 aromatic rings. The third-order valence-electron chi connectivity index (χ3n) is 3.89. The minimum Gasteiger partial charge on any atom is -0.316 e. The molecule has 1 N–H and O–H groups in total. The van der Waals surface area contributed by atoms with Gasteiger partial charge in [0.15, 0.2) is 0 Å². The molecule has 1 aromatic heterocycles. The molecule has 1 saturated carbocycles. The van der Waals surface area contributed by atoms with Crippen LogP contribution in [0.3, 0.4) is 0 Å². The fraction of sp³-hybridized carbons (Fsp3) is 0.750. The molecular weight excluding hydrogens is 186 g/mol. The first kappa shape index (κ1) is 9.40. The summed E-state index contributed by atoms with van der Waals surface area (Å²) < 4.78 is 2.24. The highest BCUT2D eigenvalue weighted by molar-refractivity contribution is 5.10. The quantitative estimate of drug-likeness (QED) is 0.811. The van der Waals surface area contributed by atoms with Crippen LogP contribution in [0.4, 0.5) is 0 Å². The van der Waals surface area contributed by atoms with E-state index in [4.69, 9.17) is 0 Å². The maximum absolute atomic E-state index is 4.45. The lowest BCUT2D eigenvalue weighted by Crippen LogP contribution is -2.42. The van der Waals surface area contributed by atoms with E-state index >= 15 is 0 Å². The van der Waals surface area contributed by atoms with Crippen molar-refractivity contribution in [3.63, 3.8) is 0 Å². The van der Waals surface area contributed by atoms with Crippen molar-refractivity contribution in [2.75, 3.05) is 13.1 Å². The first-order chi connectivity index (χ1) is 7.43. The summed E-state index contributed by atoms with van der Waals surface area (Å²) in [7, 11) is 0. The van der Waals surface area contributed by atoms with Crippen LogP contribution in [0.25, 0.3) is 0 Å². The molecular formula is C12H19N3. The molecule has 0 amide bonds. The summed E-state index contributed by atoms with van der Waals surface area (Å²) in [4.78, 5) is 0. The van der Waals surface area contributed by atoms with Crippen LogP contribution in [-0.4, -0.2) is 22.9 Å². The summed E-state index contributed by atoms with van der Waals surface area (Å²) in [6, 6.07) is 2.21. The molecule has 0 radical (unpaired) electrons. The Morgan fingerprint density at radius 3 is 2.87 bits per heavy atom. The molecule has 0 spiro atoms. The van der Waals surface area contributed by atoms with E-state index in [-0.39, 0.29) is 0 Å². The van der Waals surface area contributed by atoms with Crippen molar-refractivity contribution in [3.05, 3.63) is 18.0 Å². The van der Waals surface area contributed by atoms with Gasteiger partial charge in [-0.05, 0) is 44.3 Å². The van der Waals surface area contributed by atoms with Crippen LogP contribution in [0.15, 0.2) is 12.3 Å². The molecule has 15 heavy (non-hydrogen) atoms. The second-order valence-electron chi connectivity index (χ2n) is 4.92. The van der Waals surface area contributed by atoms with E-state index in [1.807, 2.05) is 6.20 Å². The van der Waals surface area contributed by atoms with Crippen molar-refractivity contribution in [3.8, 4) is 0 Å². The van der Waals surface area contributed by atoms with E-state index in [1.165, 1.54) is 44.5 Å². The van der Waals surface area contributed by atoms with Gasteiger partial charge in [0.2, 0.25) is 0 Å². The molecule has 0 unspecified atom stereocenters. The van der Waals surface area contributed by atoms with E-state index < -0.39 is 0 Å². The number of rotatable bonds is 4. The second-order valence-corrected chi connectivity index (χ2v) is 4.92. The first-order valence-electron chi connectivity index (χ1n) is 6.16. The van der Waals surface area contributed by atoms with E-state index in [1.54, 1.807) is 0 Å². The van der Waals surface area contributed by atoms with E-state index in [2.05, 4.69) is 21.2 Å². The van der Waals surface area contributed by atoms with Gasteiger partial charge >= 0.3 is 0 Å². The largest absolute Gasteiger partial charge is 0.316 e. The fourth-order valence-corrected chi connectivity index (χ4v) is 2.44. The van der Waals surface area contributed by atoms with Crippen molar-refractivity contribution in [1.82, 2.24) is 15.1 Å². The summed E-state index contributed by atoms with van der Waals surface area (Å²) in [5, 5.41) is 7.77. The summed E-state index contributed by atoms with van der Waals surface area (Å²) in [5.74, 6) is 1.70. The lowest BCUT2D eigenvalue weighted by atomic mass is 9.83. The van der Waals surface area contributed by atoms with Gasteiger partial charge in [-0.15, -0.1) is 0 Å². The molecule has 1 saturated heterocycles. The summed E-state index contributed by atoms with van der Waals surface area (Å²) in [5.41, 5.74) is 1.48. The summed E-state index contributed by atoms with van der Waals surface area (Å²) in [6.45, 7) is 3.53. The number of nitrogens with zero attached hydrogens (tertiary/aromatic N) is 2. The zero-order valence-electron chi connectivity index (χ0n) is 9.15. The first-order valence-corrected chi connectivity index (χ1v) is 6.16. The van der Waals surface area contributed by atoms with Crippen molar-refractivity contribution >= 4 is 0 Å². The zero-order chi connectivity index (χ0) is 10.1. The minimum absolute atomic E-state index is 0.812. The average molecular weight is 205 g/mol. The van der Waals surface area contributed by atoms with Crippen LogP contribution in [0.1, 0.15) is 37.3 Å². The Bertz CT molecular complexity index is 323. The van der Waals surface area contributed by atoms with Crippen LogP contribution >= 0.6 is 0 Å². The van der Waals surface area contributed by atoms with Crippen molar-refractivity contribution < 1.29 is 0 Å². The van der Waals surface area contributed by atoms with Gasteiger partial charge in [-0.2, -0.15) is 5.10 Å². The molecule has 0 bridgehead atoms. The van der Waals surface area contributed by atoms with Crippen LogP contribution in [0.5, 0.6) is 0 Å². The topological polar surface area (TPSA) is 29.9 Å². The zero-order valence-corrected chi connectivity index (χ0v) is 9.15. The highest BCUT2D eigenvalue weighted by Gasteiger charge is 2.23. The Labute approximate surface area is 90.9 Å². The molecule has 1 aliphatic heterocycles. The highest BCUT2D eigenvalue weighted by atomic mass is 15.3. The van der Waals surface area contributed by atoms with Gasteiger partial charge < -0.3 is 5.32 Å². The van der Waals surface area contributed by atoms with Gasteiger partial charge in [-0.1, -0.05) is 6.42 Å². The number of aromatic nitrogens is 2. The predicted octanol–water partition coefficient (Wildman–Crippen LogP) is 1.76. The number of hydrogen-bond acceptors (Lipinski definition) is 2. The van der Waals surface area contributed by atoms with Gasteiger partial charge in [0.25, 0.3) is 0 Å². The Hall–Kier alpha value is -0.830. The standard InChI is InChI=1S/C12H19N3/c1-2-11(3-1)12-4-6-14-15(12)7-5-10-8-13-9-10/h4,6,10-11,13H,1-3,5,7-9H2. The summed E-state index contributed by atoms with van der Waals surface area (Å²) >= 11 is 0. The lowest BCUT2D eigenvalue weighted by molar-refractivity contribution is 0.299. The smallest absolute Gasteiger partial charge is 0.0492 e. The van der Waals surface area contributed by atoms with Gasteiger partial charge in [0, 0.05) is 24.4 Å². The molecule has 82 valence electrons. The van der Waals surface area contributed by atoms with Gasteiger partial charge in [-0.25, -0.2) is 0 Å². The molecule has 3 rings (SSSR count). The number of aryl methyl sites for hydroxylation is 1. The Morgan fingerprint density at radius 1 is 1.40 bits per heavy atom. The normalized spacial score (nSPS) is 22.4. The predicted molar refractivity (Wildman–Crippen MR) is 59.8 cm³/mol. The monoisotopic (exact) mass is 205 g/mol. The van der Waals surface area contributed by atoms with Gasteiger partial charge in [0.1, 0.15) is 0 Å². The third kappa shape index (κ3) is 1.81. The molecule has 3 heteroatoms. The number of hydrogen-bond donors (Lipinski definition) is 1. The number of nitrogens with one attached hydrogen (secondary N) is 1. The SMILES string of the molecule is c1cc(C2CCC2)n(CCC2CNC2)n1. The van der Waals surface area contributed by atoms with Crippen molar-refractivity contribution in [2.24, 2.45) is 5.92 Å². The second kappa shape index (κ2) is 3.97. The molecule has 2 heterocycles. The molecule has 0 atom stereocenters. The van der Waals surface area contributed by atoms with Crippen molar-refractivity contribution in [1.29, 1.82) is 0 Å². The molecule has 0 aromatic carbocycles. The van der Waals surface area contributed by atoms with Gasteiger partial charge in [0.05, 0.1) is 0 Å². The van der Waals surface area contributed by atoms with Crippen LogP contribution in [-0.2, 0) is 6.54 Å². The minimum atomic E-state index is 0.812. The van der Waals surface area contributed by atoms with Crippen LogP contribution < -0.4 is 5.32 Å². The highest BCUT2D eigenvalue weighted by Crippen LogP contribution is 2.36. The molecule has 2 fully saturated rings. The molecule has 1 aliphatic carbocycles. The lowest BCUT2D eigenvalue weighted by Gasteiger charge is -2.29. The van der Waals surface area contributed by atoms with E-state index in [0.29, 0.717) is 0 Å². The Kier molecular flexibility index (Phi) is 2.49. The van der Waals surface area contributed by atoms with Crippen molar-refractivity contribution in [2.45, 2.75) is 38.1 Å². The third-order valence-corrected chi connectivity index (χ3v) is 3.89. The van der Waals surface area contributed by atoms with Crippen LogP contribution in [0.2, 0.25) is 0 Å². The molecule has 3 nitrogen and oxygen atoms in total. The van der Waals surface area contributed by atoms with E-state index in [0.717, 1.165) is 18.4 Å². The summed E-state index contributed by atoms with van der Waals surface area (Å²) in [6.07, 6.45) is 7.40. The fourth-order valence-electron chi connectivity index (χ4n) is 2.44. The average Bonchev–Trinajstić information content (AvgIpc) is 2.47. The Balaban J connectivity index is 1.60. The van der Waals surface area contributed by atoms with Crippen LogP contribution in [0, 0.1) is 5.92 Å². The Morgan fingerprint density at radius 2 is 2.27 bits per heavy atom. The maximum atomic E-state index is 4.45. The molecule has 2 aliphatic rings.